The molecule has 0 bridgehead atoms. The van der Waals surface area contributed by atoms with Gasteiger partial charge in [0.1, 0.15) is 5.60 Å². The molecule has 11 heteroatoms. The van der Waals surface area contributed by atoms with E-state index < -0.39 is 12.7 Å². The van der Waals surface area contributed by atoms with Gasteiger partial charge in [0.2, 0.25) is 12.7 Å². The highest BCUT2D eigenvalue weighted by atomic mass is 31.2. The normalized spacial score (nSPS) is 11.2. The van der Waals surface area contributed by atoms with Crippen molar-refractivity contribution in [3.8, 4) is 0 Å². The Kier molecular flexibility index (Phi) is 23.9. The summed E-state index contributed by atoms with van der Waals surface area (Å²) in [4.78, 5) is 52.2. The predicted molar refractivity (Wildman–Crippen MR) is 293 cm³/mol. The van der Waals surface area contributed by atoms with Gasteiger partial charge in [0.25, 0.3) is 0 Å². The second-order valence-corrected chi connectivity index (χ2v) is 20.9. The molecule has 0 fully saturated rings. The minimum absolute atomic E-state index is 0.217. The maximum atomic E-state index is 14.2. The average Bonchev–Trinajstić information content (AvgIpc) is 3.36. The molecule has 1 unspecified atom stereocenters. The minimum Gasteiger partial charge on any atom is -0.462 e. The van der Waals surface area contributed by atoms with E-state index in [0.29, 0.717) is 52.0 Å². The molecule has 0 aliphatic carbocycles. The Balaban J connectivity index is 0.000000261. The smallest absolute Gasteiger partial charge is 0.338 e. The van der Waals surface area contributed by atoms with Crippen LogP contribution in [0.4, 0.5) is 11.4 Å². The molecule has 6 aromatic carbocycles. The van der Waals surface area contributed by atoms with E-state index in [2.05, 4.69) is 13.8 Å². The van der Waals surface area contributed by atoms with Crippen molar-refractivity contribution in [1.82, 2.24) is 0 Å². The van der Waals surface area contributed by atoms with Crippen LogP contribution < -0.4 is 20.4 Å². The van der Waals surface area contributed by atoms with Crippen LogP contribution in [0.1, 0.15) is 118 Å². The maximum absolute atomic E-state index is 14.2. The average molecular weight is 983 g/mol. The lowest BCUT2D eigenvalue weighted by molar-refractivity contribution is 0.0427. The number of anilines is 2. The Bertz CT molecular complexity index is 2560. The summed E-state index contributed by atoms with van der Waals surface area (Å²) in [7, 11) is 4.43. The van der Waals surface area contributed by atoms with Gasteiger partial charge in [0.05, 0.1) is 24.3 Å². The molecule has 71 heavy (non-hydrogen) atoms. The van der Waals surface area contributed by atoms with Gasteiger partial charge in [0, 0.05) is 61.3 Å². The summed E-state index contributed by atoms with van der Waals surface area (Å²) >= 11 is 0. The number of nitrogens with zero attached hydrogens (tertiary/aromatic N) is 2. The summed E-state index contributed by atoms with van der Waals surface area (Å²) < 4.78 is 24.5. The van der Waals surface area contributed by atoms with Crippen molar-refractivity contribution in [1.29, 1.82) is 0 Å². The summed E-state index contributed by atoms with van der Waals surface area (Å²) in [6.07, 6.45) is 4.59. The number of aryl methyl sites for hydroxylation is 3. The van der Waals surface area contributed by atoms with E-state index in [4.69, 9.17) is 9.47 Å². The Hall–Kier alpha value is -6.61. The molecule has 378 valence electrons. The number of unbranched alkanes of at least 4 members (excludes halogenated alkanes) is 1. The lowest BCUT2D eigenvalue weighted by atomic mass is 9.97. The van der Waals surface area contributed by atoms with Gasteiger partial charge in [-0.1, -0.05) is 142 Å². The van der Waals surface area contributed by atoms with E-state index in [1.165, 1.54) is 26.7 Å². The Morgan fingerprint density at radius 3 is 1.37 bits per heavy atom. The first-order valence-corrected chi connectivity index (χ1v) is 25.9. The molecule has 10 nitrogen and oxygen atoms in total. The van der Waals surface area contributed by atoms with Gasteiger partial charge < -0.3 is 28.9 Å². The third-order valence-corrected chi connectivity index (χ3v) is 14.4. The number of rotatable bonds is 17. The standard InChI is InChI=1S/C22H21O2P.C17H27NO2.C11H15NO2.C10H12O2/c1-16-14-17(2)21(18(3)15-16)22(23)25(24,19-10-6-4-7-11-19)20-12-8-5-9-13-20;1-5-7-8-14(6-2)13-20-17(19)15-9-11-16(12-10-15)18(3)4;1-4-14-11(13)9-5-7-10(8-6-9)12(2)3;1-10(2,12)9(11)8-6-4-3-5-7-8/h4-15H,1-3H3;9-12,14H,5-8,13H2,1-4H3;5-8H,4H2,1-3H3;3-7,12H,1-2H3. The summed E-state index contributed by atoms with van der Waals surface area (Å²) in [6.45, 7) is 15.9. The maximum Gasteiger partial charge on any atom is 0.338 e. The van der Waals surface area contributed by atoms with Crippen molar-refractivity contribution in [2.75, 3.05) is 51.2 Å². The second kappa shape index (κ2) is 28.9. The number of Topliss-reactive ketones (excluding diaryl/α,β-unsaturated/α-hetero) is 1. The zero-order chi connectivity index (χ0) is 52.7. The number of esters is 2. The number of carbonyl (C=O) groups is 4. The number of carbonyl (C=O) groups excluding carboxylic acids is 4. The minimum atomic E-state index is -3.44. The molecule has 0 saturated carbocycles. The predicted octanol–water partition coefficient (Wildman–Crippen LogP) is 12.5. The zero-order valence-electron chi connectivity index (χ0n) is 43.9. The molecule has 0 heterocycles. The highest BCUT2D eigenvalue weighted by Crippen LogP contribution is 2.48. The number of hydrogen-bond donors (Lipinski definition) is 1. The largest absolute Gasteiger partial charge is 0.462 e. The third kappa shape index (κ3) is 17.9. The van der Waals surface area contributed by atoms with Crippen molar-refractivity contribution in [2.24, 2.45) is 5.92 Å². The van der Waals surface area contributed by atoms with Crippen LogP contribution in [0.2, 0.25) is 0 Å². The molecule has 6 aromatic rings. The summed E-state index contributed by atoms with van der Waals surface area (Å²) in [5, 5.41) is 10.5. The van der Waals surface area contributed by atoms with E-state index in [0.717, 1.165) is 40.9 Å². The summed E-state index contributed by atoms with van der Waals surface area (Å²) in [5.41, 5.74) is 5.75. The first kappa shape index (κ1) is 58.7. The van der Waals surface area contributed by atoms with Crippen molar-refractivity contribution in [3.63, 3.8) is 0 Å². The topological polar surface area (TPSA) is 131 Å². The molecule has 0 aromatic heterocycles. The fourth-order valence-corrected chi connectivity index (χ4v) is 10.1. The zero-order valence-corrected chi connectivity index (χ0v) is 44.8. The molecule has 0 spiro atoms. The first-order chi connectivity index (χ1) is 33.7. The van der Waals surface area contributed by atoms with Crippen LogP contribution in [0.15, 0.2) is 152 Å². The van der Waals surface area contributed by atoms with Crippen molar-refractivity contribution < 1.29 is 38.3 Å². The summed E-state index contributed by atoms with van der Waals surface area (Å²) in [5.74, 6) is -0.244. The van der Waals surface area contributed by atoms with Crippen LogP contribution in [0.3, 0.4) is 0 Å². The summed E-state index contributed by atoms with van der Waals surface area (Å²) in [6, 6.07) is 45.7. The molecular weight excluding hydrogens is 908 g/mol. The van der Waals surface area contributed by atoms with Crippen LogP contribution in [0, 0.1) is 26.7 Å². The molecule has 0 aliphatic rings. The Morgan fingerprint density at radius 2 is 1.00 bits per heavy atom. The lowest BCUT2D eigenvalue weighted by Gasteiger charge is -2.20. The number of ether oxygens (including phenoxy) is 2. The molecule has 0 aliphatic heterocycles. The van der Waals surface area contributed by atoms with Crippen LogP contribution in [-0.2, 0) is 14.0 Å². The number of aliphatic hydroxyl groups is 1. The van der Waals surface area contributed by atoms with Crippen molar-refractivity contribution in [2.45, 2.75) is 86.7 Å². The molecule has 6 rings (SSSR count). The fourth-order valence-electron chi connectivity index (χ4n) is 7.46. The van der Waals surface area contributed by atoms with Gasteiger partial charge in [-0.15, -0.1) is 0 Å². The molecule has 1 atom stereocenters. The van der Waals surface area contributed by atoms with Gasteiger partial charge >= 0.3 is 11.9 Å². The van der Waals surface area contributed by atoms with E-state index in [1.54, 1.807) is 67.6 Å². The van der Waals surface area contributed by atoms with E-state index >= 15 is 0 Å². The van der Waals surface area contributed by atoms with Gasteiger partial charge in [-0.3, -0.25) is 9.59 Å². The van der Waals surface area contributed by atoms with Crippen LogP contribution >= 0.6 is 7.14 Å². The molecular formula is C60H75N2O8P. The Labute approximate surface area is 423 Å². The van der Waals surface area contributed by atoms with Gasteiger partial charge in [0.15, 0.2) is 5.78 Å². The third-order valence-electron chi connectivity index (χ3n) is 11.5. The lowest BCUT2D eigenvalue weighted by Crippen LogP contribution is -2.30. The Morgan fingerprint density at radius 1 is 0.592 bits per heavy atom. The molecule has 0 radical (unpaired) electrons. The SMILES string of the molecule is CC(C)(O)C(=O)c1ccccc1.CCCCC(CC)COC(=O)c1ccc(N(C)C)cc1.CCOC(=O)c1ccc(N(C)C)cc1.Cc1cc(C)c(C(=O)P(=O)(c2ccccc2)c2ccccc2)c(C)c1. The van der Waals surface area contributed by atoms with E-state index in [-0.39, 0.29) is 23.2 Å². The molecule has 1 N–H and O–H groups in total. The fraction of sp³-hybridized carbons (Fsp3) is 0.333. The number of benzene rings is 6. The number of ketones is 1. The van der Waals surface area contributed by atoms with Crippen LogP contribution in [-0.4, -0.2) is 75.4 Å². The molecule has 0 saturated heterocycles. The van der Waals surface area contributed by atoms with E-state index in [1.807, 2.05) is 150 Å². The van der Waals surface area contributed by atoms with Crippen molar-refractivity contribution >= 4 is 52.4 Å². The van der Waals surface area contributed by atoms with E-state index in [9.17, 15) is 28.8 Å². The van der Waals surface area contributed by atoms with Gasteiger partial charge in [-0.05, 0) is 114 Å². The monoisotopic (exact) mass is 983 g/mol. The molecule has 0 amide bonds. The second-order valence-electron chi connectivity index (χ2n) is 18.2. The highest BCUT2D eigenvalue weighted by Gasteiger charge is 2.38. The first-order valence-electron chi connectivity index (χ1n) is 24.2. The van der Waals surface area contributed by atoms with Gasteiger partial charge in [-0.2, -0.15) is 0 Å². The quantitative estimate of drug-likeness (QED) is 0.0535. The highest BCUT2D eigenvalue weighted by molar-refractivity contribution is 7.93. The van der Waals surface area contributed by atoms with Crippen molar-refractivity contribution in [3.05, 3.63) is 191 Å². The van der Waals surface area contributed by atoms with Crippen LogP contribution in [0.5, 0.6) is 0 Å². The van der Waals surface area contributed by atoms with Crippen LogP contribution in [0.25, 0.3) is 0 Å². The van der Waals surface area contributed by atoms with Gasteiger partial charge in [-0.25, -0.2) is 9.59 Å². The number of hydrogen-bond acceptors (Lipinski definition) is 10.